The third kappa shape index (κ3) is 2.93. The maximum absolute atomic E-state index is 12.9. The maximum atomic E-state index is 12.9. The molecular weight excluding hydrogens is 314 g/mol. The van der Waals surface area contributed by atoms with Crippen LogP contribution in [-0.2, 0) is 0 Å². The Morgan fingerprint density at radius 2 is 2.30 bits per heavy atom. The highest BCUT2D eigenvalue weighted by Crippen LogP contribution is 2.40. The van der Waals surface area contributed by atoms with E-state index in [0.717, 1.165) is 12.1 Å². The van der Waals surface area contributed by atoms with Crippen LogP contribution < -0.4 is 9.64 Å². The Balaban J connectivity index is 1.98. The molecule has 0 unspecified atom stereocenters. The van der Waals surface area contributed by atoms with Crippen molar-refractivity contribution >= 4 is 23.2 Å². The number of hydrogen-bond donors (Lipinski definition) is 1. The summed E-state index contributed by atoms with van der Waals surface area (Å²) in [5.74, 6) is 0.720. The number of nitrogens with one attached hydrogen (secondary N) is 1. The molecule has 1 amide bonds. The molecule has 1 atom stereocenters. The third-order valence-electron chi connectivity index (χ3n) is 4.05. The maximum Gasteiger partial charge on any atom is 0.279 e. The fraction of sp³-hybridized carbons (Fsp3) is 0.412. The molecule has 1 aromatic heterocycles. The van der Waals surface area contributed by atoms with E-state index in [9.17, 15) is 4.79 Å². The Morgan fingerprint density at radius 3 is 2.96 bits per heavy atom. The van der Waals surface area contributed by atoms with E-state index in [1.807, 2.05) is 25.1 Å². The number of para-hydroxylation sites is 1. The molecule has 2 aromatic rings. The minimum atomic E-state index is -0.140. The highest BCUT2D eigenvalue weighted by atomic mass is 35.5. The van der Waals surface area contributed by atoms with Crippen molar-refractivity contribution in [3.8, 4) is 5.75 Å². The summed E-state index contributed by atoms with van der Waals surface area (Å²) in [5, 5.41) is 7.62. The summed E-state index contributed by atoms with van der Waals surface area (Å²) in [4.78, 5) is 14.6. The zero-order chi connectivity index (χ0) is 16.6. The topological polar surface area (TPSA) is 58.2 Å². The Bertz CT molecular complexity index is 726. The van der Waals surface area contributed by atoms with Crippen LogP contribution in [0.2, 0.25) is 5.02 Å². The molecule has 1 aliphatic heterocycles. The fourth-order valence-corrected chi connectivity index (χ4v) is 2.83. The van der Waals surface area contributed by atoms with Gasteiger partial charge >= 0.3 is 0 Å². The molecule has 5 nitrogen and oxygen atoms in total. The third-order valence-corrected chi connectivity index (χ3v) is 4.34. The number of halogens is 1. The van der Waals surface area contributed by atoms with Gasteiger partial charge in [-0.1, -0.05) is 38.4 Å². The molecule has 0 radical (unpaired) electrons. The quantitative estimate of drug-likeness (QED) is 0.923. The molecule has 0 saturated carbocycles. The monoisotopic (exact) mass is 333 g/mol. The molecule has 0 saturated heterocycles. The fourth-order valence-electron chi connectivity index (χ4n) is 2.62. The molecule has 122 valence electrons. The number of nitrogens with zero attached hydrogens (tertiary/aromatic N) is 2. The van der Waals surface area contributed by atoms with Crippen LogP contribution in [0.25, 0.3) is 0 Å². The van der Waals surface area contributed by atoms with Gasteiger partial charge in [0, 0.05) is 5.69 Å². The summed E-state index contributed by atoms with van der Waals surface area (Å²) in [6.45, 7) is 6.63. The van der Waals surface area contributed by atoms with Gasteiger partial charge < -0.3 is 4.74 Å². The molecule has 2 heterocycles. The largest absolute Gasteiger partial charge is 0.485 e. The second-order valence-electron chi connectivity index (χ2n) is 6.02. The van der Waals surface area contributed by atoms with Gasteiger partial charge in [0.2, 0.25) is 0 Å². The molecule has 1 aromatic carbocycles. The number of anilines is 1. The molecule has 23 heavy (non-hydrogen) atoms. The van der Waals surface area contributed by atoms with Gasteiger partial charge in [0.25, 0.3) is 5.91 Å². The first-order chi connectivity index (χ1) is 11.0. The number of carbonyl (C=O) groups is 1. The van der Waals surface area contributed by atoms with E-state index >= 15 is 0 Å². The number of benzene rings is 1. The zero-order valence-electron chi connectivity index (χ0n) is 13.5. The van der Waals surface area contributed by atoms with Crippen LogP contribution in [-0.4, -0.2) is 28.8 Å². The second-order valence-corrected chi connectivity index (χ2v) is 6.42. The molecule has 3 rings (SSSR count). The average molecular weight is 334 g/mol. The van der Waals surface area contributed by atoms with Crippen molar-refractivity contribution in [3.63, 3.8) is 0 Å². The van der Waals surface area contributed by atoms with E-state index < -0.39 is 0 Å². The number of fused-ring (bicyclic) bond motifs is 1. The predicted molar refractivity (Wildman–Crippen MR) is 90.5 cm³/mol. The van der Waals surface area contributed by atoms with Crippen LogP contribution in [0.1, 0.15) is 49.3 Å². The Hall–Kier alpha value is -2.01. The van der Waals surface area contributed by atoms with E-state index in [1.54, 1.807) is 11.0 Å². The molecule has 0 fully saturated rings. The molecule has 0 spiro atoms. The van der Waals surface area contributed by atoms with Gasteiger partial charge in [0.05, 0.1) is 17.3 Å². The number of rotatable bonds is 3. The average Bonchev–Trinajstić information content (AvgIpc) is 3.04. The van der Waals surface area contributed by atoms with Gasteiger partial charge in [-0.25, -0.2) is 0 Å². The molecule has 1 N–H and O–H groups in total. The van der Waals surface area contributed by atoms with E-state index in [1.165, 1.54) is 0 Å². The summed E-state index contributed by atoms with van der Waals surface area (Å²) in [6.07, 6.45) is 0.724. The number of hydrogen-bond acceptors (Lipinski definition) is 3. The smallest absolute Gasteiger partial charge is 0.279 e. The Morgan fingerprint density at radius 1 is 1.52 bits per heavy atom. The lowest BCUT2D eigenvalue weighted by Crippen LogP contribution is -2.43. The van der Waals surface area contributed by atoms with E-state index in [2.05, 4.69) is 24.0 Å². The minimum absolute atomic E-state index is 0.0742. The summed E-state index contributed by atoms with van der Waals surface area (Å²) < 4.78 is 5.92. The van der Waals surface area contributed by atoms with Crippen LogP contribution in [0, 0.1) is 0 Å². The normalized spacial score (nSPS) is 17.1. The van der Waals surface area contributed by atoms with Gasteiger partial charge in [-0.05, 0) is 30.5 Å². The first kappa shape index (κ1) is 15.9. The lowest BCUT2D eigenvalue weighted by molar-refractivity contribution is 0.0949. The molecule has 0 bridgehead atoms. The summed E-state index contributed by atoms with van der Waals surface area (Å²) in [6, 6.07) is 7.25. The van der Waals surface area contributed by atoms with Gasteiger partial charge in [0.1, 0.15) is 6.10 Å². The van der Waals surface area contributed by atoms with Gasteiger partial charge in [-0.15, -0.1) is 0 Å². The van der Waals surface area contributed by atoms with E-state index in [-0.39, 0.29) is 12.0 Å². The zero-order valence-corrected chi connectivity index (χ0v) is 14.2. The van der Waals surface area contributed by atoms with Crippen LogP contribution in [0.4, 0.5) is 5.69 Å². The van der Waals surface area contributed by atoms with Crippen molar-refractivity contribution in [1.29, 1.82) is 0 Å². The van der Waals surface area contributed by atoms with Gasteiger partial charge in [0.15, 0.2) is 11.4 Å². The molecule has 1 aliphatic rings. The van der Waals surface area contributed by atoms with Crippen molar-refractivity contribution in [2.75, 3.05) is 11.4 Å². The molecule has 6 heteroatoms. The highest BCUT2D eigenvalue weighted by Gasteiger charge is 2.32. The lowest BCUT2D eigenvalue weighted by Gasteiger charge is -2.34. The Kier molecular flexibility index (Phi) is 4.31. The van der Waals surface area contributed by atoms with Crippen LogP contribution in [0.3, 0.4) is 0 Å². The Labute approximate surface area is 140 Å². The second kappa shape index (κ2) is 6.24. The summed E-state index contributed by atoms with van der Waals surface area (Å²) in [5.41, 5.74) is 2.05. The van der Waals surface area contributed by atoms with Crippen molar-refractivity contribution < 1.29 is 9.53 Å². The van der Waals surface area contributed by atoms with Gasteiger partial charge in [-0.3, -0.25) is 14.8 Å². The minimum Gasteiger partial charge on any atom is -0.485 e. The van der Waals surface area contributed by atoms with E-state index in [0.29, 0.717) is 34.6 Å². The number of ether oxygens (including phenoxy) is 1. The number of amides is 1. The number of H-pyrrole nitrogens is 1. The molecular formula is C17H20ClN3O2. The summed E-state index contributed by atoms with van der Waals surface area (Å²) in [7, 11) is 0. The van der Waals surface area contributed by atoms with Crippen molar-refractivity contribution in [2.24, 2.45) is 0 Å². The van der Waals surface area contributed by atoms with Crippen LogP contribution in [0.15, 0.2) is 24.3 Å². The van der Waals surface area contributed by atoms with Crippen molar-refractivity contribution in [3.05, 3.63) is 40.7 Å². The highest BCUT2D eigenvalue weighted by molar-refractivity contribution is 6.32. The summed E-state index contributed by atoms with van der Waals surface area (Å²) >= 11 is 6.24. The standard InChI is InChI=1S/C17H20ClN3O2/c1-4-11-9-21(15-7-5-6-12(18)16(15)23-11)17(22)14-8-13(10(2)3)19-20-14/h5-8,10-11H,4,9H2,1-3H3,(H,19,20)/t11-/m1/s1. The SMILES string of the molecule is CC[C@@H]1CN(C(=O)c2cc(C(C)C)[nH]n2)c2cccc(Cl)c2O1. The first-order valence-corrected chi connectivity index (χ1v) is 8.21. The predicted octanol–water partition coefficient (Wildman–Crippen LogP) is 4.00. The van der Waals surface area contributed by atoms with Crippen molar-refractivity contribution in [1.82, 2.24) is 10.2 Å². The number of aromatic nitrogens is 2. The van der Waals surface area contributed by atoms with Gasteiger partial charge in [-0.2, -0.15) is 5.10 Å². The number of aromatic amines is 1. The lowest BCUT2D eigenvalue weighted by atomic mass is 10.1. The number of carbonyl (C=O) groups excluding carboxylic acids is 1. The van der Waals surface area contributed by atoms with Crippen LogP contribution in [0.5, 0.6) is 5.75 Å². The molecule has 0 aliphatic carbocycles. The van der Waals surface area contributed by atoms with Crippen molar-refractivity contribution in [2.45, 2.75) is 39.2 Å². The first-order valence-electron chi connectivity index (χ1n) is 7.83. The van der Waals surface area contributed by atoms with E-state index in [4.69, 9.17) is 16.3 Å². The van der Waals surface area contributed by atoms with Crippen LogP contribution >= 0.6 is 11.6 Å².